The number of nitrogens with one attached hydrogen (secondary N) is 1. The average molecular weight is 456 g/mol. The lowest BCUT2D eigenvalue weighted by Gasteiger charge is -2.34. The third-order valence-corrected chi connectivity index (χ3v) is 7.21. The minimum Gasteiger partial charge on any atom is -0.351 e. The maximum atomic E-state index is 12.6. The molecule has 1 fully saturated rings. The molecule has 2 aromatic carbocycles. The molecule has 0 bridgehead atoms. The van der Waals surface area contributed by atoms with Gasteiger partial charge in [-0.25, -0.2) is 8.42 Å². The Balaban J connectivity index is 1.46. The molecule has 29 heavy (non-hydrogen) atoms. The Kier molecular flexibility index (Phi) is 7.54. The van der Waals surface area contributed by atoms with Crippen LogP contribution >= 0.6 is 23.2 Å². The van der Waals surface area contributed by atoms with Crippen LogP contribution in [0.15, 0.2) is 48.5 Å². The van der Waals surface area contributed by atoms with Crippen molar-refractivity contribution in [3.8, 4) is 0 Å². The van der Waals surface area contributed by atoms with Crippen LogP contribution in [0.5, 0.6) is 0 Å². The number of amides is 1. The van der Waals surface area contributed by atoms with E-state index in [1.165, 1.54) is 22.0 Å². The lowest BCUT2D eigenvalue weighted by molar-refractivity contribution is 0.0956. The number of halogens is 2. The van der Waals surface area contributed by atoms with Crippen molar-refractivity contribution in [2.75, 3.05) is 38.5 Å². The first-order valence-corrected chi connectivity index (χ1v) is 11.7. The Labute approximate surface area is 181 Å². The molecular formula is C20H23Cl2N3O3S. The number of rotatable bonds is 7. The smallest absolute Gasteiger partial charge is 0.252 e. The van der Waals surface area contributed by atoms with Crippen molar-refractivity contribution in [3.63, 3.8) is 0 Å². The molecule has 0 unspecified atom stereocenters. The maximum absolute atomic E-state index is 12.6. The van der Waals surface area contributed by atoms with Gasteiger partial charge in [0.1, 0.15) is 0 Å². The number of hydrogen-bond acceptors (Lipinski definition) is 4. The van der Waals surface area contributed by atoms with Gasteiger partial charge in [0.15, 0.2) is 0 Å². The first-order valence-electron chi connectivity index (χ1n) is 9.32. The highest BCUT2D eigenvalue weighted by molar-refractivity contribution is 7.89. The van der Waals surface area contributed by atoms with Gasteiger partial charge in [0.25, 0.3) is 5.91 Å². The quantitative estimate of drug-likeness (QED) is 0.696. The van der Waals surface area contributed by atoms with Crippen LogP contribution in [-0.4, -0.2) is 62.0 Å². The summed E-state index contributed by atoms with van der Waals surface area (Å²) in [6.45, 7) is 3.09. The number of nitrogens with zero attached hydrogens (tertiary/aromatic N) is 2. The minimum absolute atomic E-state index is 0.0182. The standard InChI is InChI=1S/C20H23Cl2N3O3S/c21-17-6-7-18(19(22)14-17)20(26)23-8-13-29(27,28)25-11-9-24(10-12-25)15-16-4-2-1-3-5-16/h1-7,14H,8-13,15H2,(H,23,26). The van der Waals surface area contributed by atoms with Crippen molar-refractivity contribution in [1.82, 2.24) is 14.5 Å². The third kappa shape index (κ3) is 6.17. The predicted octanol–water partition coefficient (Wildman–Crippen LogP) is 2.87. The summed E-state index contributed by atoms with van der Waals surface area (Å²) in [7, 11) is -3.44. The first-order chi connectivity index (χ1) is 13.8. The van der Waals surface area contributed by atoms with Crippen LogP contribution in [0.25, 0.3) is 0 Å². The topological polar surface area (TPSA) is 69.7 Å². The van der Waals surface area contributed by atoms with Crippen LogP contribution in [0.2, 0.25) is 10.0 Å². The van der Waals surface area contributed by atoms with Gasteiger partial charge in [0, 0.05) is 44.3 Å². The number of carbonyl (C=O) groups excluding carboxylic acids is 1. The zero-order valence-corrected chi connectivity index (χ0v) is 18.2. The fourth-order valence-electron chi connectivity index (χ4n) is 3.20. The van der Waals surface area contributed by atoms with E-state index in [0.717, 1.165) is 6.54 Å². The van der Waals surface area contributed by atoms with Crippen LogP contribution in [-0.2, 0) is 16.6 Å². The summed E-state index contributed by atoms with van der Waals surface area (Å²) in [5, 5.41) is 3.27. The van der Waals surface area contributed by atoms with E-state index in [0.29, 0.717) is 31.2 Å². The fourth-order valence-corrected chi connectivity index (χ4v) is 5.03. The number of piperazine rings is 1. The fraction of sp³-hybridized carbons (Fsp3) is 0.350. The van der Waals surface area contributed by atoms with Crippen LogP contribution in [0, 0.1) is 0 Å². The van der Waals surface area contributed by atoms with Gasteiger partial charge in [0.05, 0.1) is 16.3 Å². The maximum Gasteiger partial charge on any atom is 0.252 e. The largest absolute Gasteiger partial charge is 0.351 e. The average Bonchev–Trinajstić information content (AvgIpc) is 2.69. The zero-order valence-electron chi connectivity index (χ0n) is 15.9. The van der Waals surface area contributed by atoms with Crippen LogP contribution in [0.1, 0.15) is 15.9 Å². The van der Waals surface area contributed by atoms with E-state index in [-0.39, 0.29) is 22.9 Å². The number of benzene rings is 2. The van der Waals surface area contributed by atoms with E-state index in [4.69, 9.17) is 23.2 Å². The molecule has 0 aliphatic carbocycles. The highest BCUT2D eigenvalue weighted by Gasteiger charge is 2.26. The number of sulfonamides is 1. The molecule has 1 heterocycles. The van der Waals surface area contributed by atoms with Crippen LogP contribution < -0.4 is 5.32 Å². The summed E-state index contributed by atoms with van der Waals surface area (Å²) in [6.07, 6.45) is 0. The second kappa shape index (κ2) is 9.91. The van der Waals surface area contributed by atoms with Crippen molar-refractivity contribution in [2.24, 2.45) is 0 Å². The Morgan fingerprint density at radius 1 is 1.00 bits per heavy atom. The third-order valence-electron chi connectivity index (χ3n) is 4.79. The Morgan fingerprint density at radius 3 is 2.34 bits per heavy atom. The normalized spacial score (nSPS) is 15.9. The molecule has 156 valence electrons. The summed E-state index contributed by atoms with van der Waals surface area (Å²) >= 11 is 11.8. The van der Waals surface area contributed by atoms with Gasteiger partial charge >= 0.3 is 0 Å². The molecule has 1 aliphatic heterocycles. The molecule has 6 nitrogen and oxygen atoms in total. The monoisotopic (exact) mass is 455 g/mol. The summed E-state index contributed by atoms with van der Waals surface area (Å²) in [5.74, 6) is -0.572. The molecule has 2 aromatic rings. The Bertz CT molecular complexity index is 947. The van der Waals surface area contributed by atoms with Crippen molar-refractivity contribution < 1.29 is 13.2 Å². The van der Waals surface area contributed by atoms with E-state index in [1.54, 1.807) is 6.07 Å². The van der Waals surface area contributed by atoms with Crippen LogP contribution in [0.3, 0.4) is 0 Å². The van der Waals surface area contributed by atoms with Gasteiger partial charge < -0.3 is 5.32 Å². The van der Waals surface area contributed by atoms with Gasteiger partial charge in [0.2, 0.25) is 10.0 Å². The molecule has 1 amide bonds. The molecule has 0 spiro atoms. The molecule has 1 aliphatic rings. The summed E-state index contributed by atoms with van der Waals surface area (Å²) < 4.78 is 26.7. The van der Waals surface area contributed by atoms with Crippen molar-refractivity contribution in [2.45, 2.75) is 6.54 Å². The predicted molar refractivity (Wildman–Crippen MR) is 116 cm³/mol. The van der Waals surface area contributed by atoms with Crippen molar-refractivity contribution in [3.05, 3.63) is 69.7 Å². The second-order valence-corrected chi connectivity index (χ2v) is 9.79. The first kappa shape index (κ1) is 22.1. The van der Waals surface area contributed by atoms with E-state index >= 15 is 0 Å². The molecule has 0 atom stereocenters. The SMILES string of the molecule is O=C(NCCS(=O)(=O)N1CCN(Cc2ccccc2)CC1)c1ccc(Cl)cc1Cl. The van der Waals surface area contributed by atoms with Gasteiger partial charge in [-0.05, 0) is 23.8 Å². The summed E-state index contributed by atoms with van der Waals surface area (Å²) in [4.78, 5) is 14.4. The molecule has 0 aromatic heterocycles. The molecular weight excluding hydrogens is 433 g/mol. The molecule has 9 heteroatoms. The molecule has 1 saturated heterocycles. The number of carbonyl (C=O) groups is 1. The molecule has 1 N–H and O–H groups in total. The van der Waals surface area contributed by atoms with Crippen molar-refractivity contribution in [1.29, 1.82) is 0 Å². The molecule has 0 radical (unpaired) electrons. The number of hydrogen-bond donors (Lipinski definition) is 1. The Hall–Kier alpha value is -1.64. The highest BCUT2D eigenvalue weighted by atomic mass is 35.5. The molecule has 3 rings (SSSR count). The summed E-state index contributed by atoms with van der Waals surface area (Å²) in [5.41, 5.74) is 1.48. The van der Waals surface area contributed by atoms with E-state index < -0.39 is 15.9 Å². The van der Waals surface area contributed by atoms with Gasteiger partial charge in [-0.1, -0.05) is 53.5 Å². The van der Waals surface area contributed by atoms with E-state index in [1.807, 2.05) is 18.2 Å². The molecule has 0 saturated carbocycles. The van der Waals surface area contributed by atoms with Crippen LogP contribution in [0.4, 0.5) is 0 Å². The van der Waals surface area contributed by atoms with Crippen molar-refractivity contribution >= 4 is 39.1 Å². The van der Waals surface area contributed by atoms with Gasteiger partial charge in [-0.3, -0.25) is 9.69 Å². The minimum atomic E-state index is -3.44. The highest BCUT2D eigenvalue weighted by Crippen LogP contribution is 2.20. The van der Waals surface area contributed by atoms with Gasteiger partial charge in [-0.2, -0.15) is 4.31 Å². The summed E-state index contributed by atoms with van der Waals surface area (Å²) in [6, 6.07) is 14.7. The lowest BCUT2D eigenvalue weighted by Crippen LogP contribution is -2.49. The van der Waals surface area contributed by atoms with E-state index in [2.05, 4.69) is 22.3 Å². The van der Waals surface area contributed by atoms with E-state index in [9.17, 15) is 13.2 Å². The Morgan fingerprint density at radius 2 is 1.69 bits per heavy atom. The lowest BCUT2D eigenvalue weighted by atomic mass is 10.2. The zero-order chi connectivity index (χ0) is 20.9. The second-order valence-electron chi connectivity index (χ2n) is 6.86. The van der Waals surface area contributed by atoms with Gasteiger partial charge in [-0.15, -0.1) is 0 Å².